The minimum absolute atomic E-state index is 0.215. The number of nitrogens with zero attached hydrogens (tertiary/aromatic N) is 1. The van der Waals surface area contributed by atoms with E-state index >= 15 is 0 Å². The molecule has 0 saturated carbocycles. The summed E-state index contributed by atoms with van der Waals surface area (Å²) in [6, 6.07) is 9.90. The summed E-state index contributed by atoms with van der Waals surface area (Å²) in [6.45, 7) is 3.21. The Kier molecular flexibility index (Phi) is 8.42. The van der Waals surface area contributed by atoms with Gasteiger partial charge in [-0.15, -0.1) is 0 Å². The third-order valence-electron chi connectivity index (χ3n) is 4.00. The zero-order valence-electron chi connectivity index (χ0n) is 13.6. The molecular weight excluding hydrogens is 331 g/mol. The lowest BCUT2D eigenvalue weighted by atomic mass is 10.1. The topological polar surface area (TPSA) is 88.1 Å². The fraction of sp³-hybridized carbons (Fsp3) is 0.562. The van der Waals surface area contributed by atoms with Crippen LogP contribution in [0.5, 0.6) is 0 Å². The Hall–Kier alpha value is -1.24. The molecule has 0 amide bonds. The molecule has 1 aromatic rings. The largest absolute Gasteiger partial charge is 0.460 e. The third kappa shape index (κ3) is 7.55. The summed E-state index contributed by atoms with van der Waals surface area (Å²) in [6.07, 6.45) is 1.86. The highest BCUT2D eigenvalue weighted by molar-refractivity contribution is 7.32. The van der Waals surface area contributed by atoms with Crippen LogP contribution in [0.1, 0.15) is 18.4 Å². The minimum atomic E-state index is -2.83. The Morgan fingerprint density at radius 1 is 1.29 bits per heavy atom. The number of hydrogen-bond acceptors (Lipinski definition) is 6. The van der Waals surface area contributed by atoms with Gasteiger partial charge in [-0.2, -0.15) is 0 Å². The van der Waals surface area contributed by atoms with Crippen LogP contribution in [0.4, 0.5) is 0 Å². The van der Waals surface area contributed by atoms with Crippen LogP contribution >= 0.6 is 8.25 Å². The molecule has 0 aliphatic carbocycles. The van der Waals surface area contributed by atoms with E-state index in [0.717, 1.165) is 31.5 Å². The smallest absolute Gasteiger partial charge is 0.320 e. The van der Waals surface area contributed by atoms with Gasteiger partial charge in [0, 0.05) is 12.6 Å². The van der Waals surface area contributed by atoms with E-state index in [1.54, 1.807) is 0 Å². The summed E-state index contributed by atoms with van der Waals surface area (Å²) in [7, 11) is -2.83. The number of esters is 1. The summed E-state index contributed by atoms with van der Waals surface area (Å²) in [5.41, 5.74) is 0.979. The van der Waals surface area contributed by atoms with Crippen molar-refractivity contribution >= 4 is 14.2 Å². The Morgan fingerprint density at radius 2 is 2.00 bits per heavy atom. The highest BCUT2D eigenvalue weighted by atomic mass is 31.1. The number of likely N-dealkylation sites (tertiary alicyclic amines) is 1. The maximum absolute atomic E-state index is 11.8. The molecule has 1 fully saturated rings. The lowest BCUT2D eigenvalue weighted by Crippen LogP contribution is -2.44. The van der Waals surface area contributed by atoms with Gasteiger partial charge < -0.3 is 24.4 Å². The number of hydrogen-bond donors (Lipinski definition) is 2. The van der Waals surface area contributed by atoms with Crippen LogP contribution in [-0.4, -0.2) is 54.6 Å². The number of ether oxygens (including phenoxy) is 1. The fourth-order valence-electron chi connectivity index (χ4n) is 2.64. The molecule has 2 rings (SSSR count). The monoisotopic (exact) mass is 356 g/mol. The van der Waals surface area contributed by atoms with Crippen molar-refractivity contribution in [2.45, 2.75) is 25.5 Å². The average molecular weight is 356 g/mol. The SMILES string of the molecule is O=C(CNC1CCN(CCO[PH](=O)O)CC1)OCc1ccccc1. The van der Waals surface area contributed by atoms with Gasteiger partial charge in [0.05, 0.1) is 13.2 Å². The molecule has 2 N–H and O–H groups in total. The van der Waals surface area contributed by atoms with E-state index in [2.05, 4.69) is 10.2 Å². The standard InChI is InChI=1S/C16H25N2O5P/c19-16(22-13-14-4-2-1-3-5-14)12-17-15-6-8-18(9-7-15)10-11-23-24(20)21/h1-5,15,17,24H,6-13H2,(H,20,21). The average Bonchev–Trinajstić information content (AvgIpc) is 2.60. The molecule has 1 unspecified atom stereocenters. The van der Waals surface area contributed by atoms with E-state index in [9.17, 15) is 9.36 Å². The summed E-state index contributed by atoms with van der Waals surface area (Å²) in [5, 5.41) is 3.24. The molecule has 1 atom stereocenters. The van der Waals surface area contributed by atoms with Crippen LogP contribution in [0.15, 0.2) is 30.3 Å². The van der Waals surface area contributed by atoms with Gasteiger partial charge in [-0.05, 0) is 31.5 Å². The Balaban J connectivity index is 1.55. The van der Waals surface area contributed by atoms with Crippen molar-refractivity contribution in [3.8, 4) is 0 Å². The number of carbonyl (C=O) groups excluding carboxylic acids is 1. The predicted molar refractivity (Wildman–Crippen MR) is 90.9 cm³/mol. The fourth-order valence-corrected chi connectivity index (χ4v) is 2.91. The number of piperidine rings is 1. The van der Waals surface area contributed by atoms with E-state index in [0.29, 0.717) is 19.2 Å². The van der Waals surface area contributed by atoms with Gasteiger partial charge in [-0.1, -0.05) is 30.3 Å². The second kappa shape index (κ2) is 10.6. The first-order chi connectivity index (χ1) is 11.6. The molecule has 1 aliphatic rings. The van der Waals surface area contributed by atoms with Crippen molar-refractivity contribution in [2.24, 2.45) is 0 Å². The summed E-state index contributed by atoms with van der Waals surface area (Å²) >= 11 is 0. The summed E-state index contributed by atoms with van der Waals surface area (Å²) in [4.78, 5) is 22.6. The third-order valence-corrected chi connectivity index (χ3v) is 4.45. The number of rotatable bonds is 9. The zero-order chi connectivity index (χ0) is 17.2. The molecule has 8 heteroatoms. The Bertz CT molecular complexity index is 520. The minimum Gasteiger partial charge on any atom is -0.460 e. The van der Waals surface area contributed by atoms with Crippen molar-refractivity contribution in [3.63, 3.8) is 0 Å². The van der Waals surface area contributed by atoms with E-state index in [-0.39, 0.29) is 19.1 Å². The van der Waals surface area contributed by atoms with Crippen LogP contribution < -0.4 is 5.32 Å². The molecule has 1 heterocycles. The number of nitrogens with one attached hydrogen (secondary N) is 1. The second-order valence-corrected chi connectivity index (χ2v) is 6.58. The van der Waals surface area contributed by atoms with Crippen LogP contribution in [0.3, 0.4) is 0 Å². The zero-order valence-corrected chi connectivity index (χ0v) is 14.6. The molecule has 0 radical (unpaired) electrons. The molecule has 0 aromatic heterocycles. The van der Waals surface area contributed by atoms with Gasteiger partial charge in [0.25, 0.3) is 0 Å². The maximum atomic E-state index is 11.8. The van der Waals surface area contributed by atoms with E-state index in [1.807, 2.05) is 30.3 Å². The normalized spacial score (nSPS) is 17.5. The molecule has 0 spiro atoms. The summed E-state index contributed by atoms with van der Waals surface area (Å²) in [5.74, 6) is -0.247. The Morgan fingerprint density at radius 3 is 2.67 bits per heavy atom. The van der Waals surface area contributed by atoms with Crippen molar-refractivity contribution in [1.82, 2.24) is 10.2 Å². The molecule has 1 aliphatic heterocycles. The summed E-state index contributed by atoms with van der Waals surface area (Å²) < 4.78 is 20.4. The van der Waals surface area contributed by atoms with Crippen molar-refractivity contribution in [2.75, 3.05) is 32.8 Å². The van der Waals surface area contributed by atoms with Crippen molar-refractivity contribution in [3.05, 3.63) is 35.9 Å². The first-order valence-corrected chi connectivity index (χ1v) is 9.41. The van der Waals surface area contributed by atoms with Gasteiger partial charge in [0.1, 0.15) is 6.61 Å². The molecule has 1 aromatic carbocycles. The van der Waals surface area contributed by atoms with E-state index in [1.165, 1.54) is 0 Å². The van der Waals surface area contributed by atoms with Gasteiger partial charge in [0.2, 0.25) is 0 Å². The molecule has 0 bridgehead atoms. The van der Waals surface area contributed by atoms with Crippen LogP contribution in [0, 0.1) is 0 Å². The predicted octanol–water partition coefficient (Wildman–Crippen LogP) is 1.18. The van der Waals surface area contributed by atoms with E-state index < -0.39 is 8.25 Å². The van der Waals surface area contributed by atoms with Gasteiger partial charge >= 0.3 is 14.2 Å². The van der Waals surface area contributed by atoms with Crippen molar-refractivity contribution < 1.29 is 23.5 Å². The molecule has 1 saturated heterocycles. The quantitative estimate of drug-likeness (QED) is 0.507. The van der Waals surface area contributed by atoms with E-state index in [4.69, 9.17) is 14.2 Å². The van der Waals surface area contributed by atoms with Gasteiger partial charge in [-0.3, -0.25) is 9.36 Å². The molecule has 24 heavy (non-hydrogen) atoms. The lowest BCUT2D eigenvalue weighted by Gasteiger charge is -2.32. The van der Waals surface area contributed by atoms with Crippen LogP contribution in [-0.2, 0) is 25.2 Å². The second-order valence-electron chi connectivity index (χ2n) is 5.76. The molecular formula is C16H25N2O5P. The highest BCUT2D eigenvalue weighted by Crippen LogP contribution is 2.15. The Labute approximate surface area is 142 Å². The maximum Gasteiger partial charge on any atom is 0.320 e. The van der Waals surface area contributed by atoms with Crippen LogP contribution in [0.2, 0.25) is 0 Å². The highest BCUT2D eigenvalue weighted by Gasteiger charge is 2.19. The van der Waals surface area contributed by atoms with Crippen molar-refractivity contribution in [1.29, 1.82) is 0 Å². The van der Waals surface area contributed by atoms with Gasteiger partial charge in [0.15, 0.2) is 0 Å². The van der Waals surface area contributed by atoms with Gasteiger partial charge in [-0.25, -0.2) is 0 Å². The molecule has 7 nitrogen and oxygen atoms in total. The number of benzene rings is 1. The first-order valence-electron chi connectivity index (χ1n) is 8.14. The number of carbonyl (C=O) groups is 1. The lowest BCUT2D eigenvalue weighted by molar-refractivity contribution is -0.144. The molecule has 134 valence electrons. The van der Waals surface area contributed by atoms with Crippen LogP contribution in [0.25, 0.3) is 0 Å². The first kappa shape index (κ1) is 19.1.